The second-order valence-corrected chi connectivity index (χ2v) is 8.37. The molecule has 1 aromatic rings. The first-order valence-electron chi connectivity index (χ1n) is 7.20. The molecule has 2 rings (SSSR count). The summed E-state index contributed by atoms with van der Waals surface area (Å²) in [6, 6.07) is 2.68. The number of amides is 2. The van der Waals surface area contributed by atoms with Crippen molar-refractivity contribution < 1.29 is 23.9 Å². The number of benzene rings is 1. The summed E-state index contributed by atoms with van der Waals surface area (Å²) in [7, 11) is 1.21. The number of halogens is 2. The number of carbonyl (C=O) groups excluding carboxylic acids is 3. The standard InChI is InChI=1S/C17H13I2NO5S/c1-4-5-25-14-11(18)6-10(7-12(14)19)8-13-15(21)20(17(23)26-13)9(2)16(22)24-3/h1,6-9H,5H2,2-3H3/b13-8+/t9-/m0/s1. The second-order valence-electron chi connectivity index (χ2n) is 5.06. The van der Waals surface area contributed by atoms with Crippen molar-refractivity contribution in [1.29, 1.82) is 0 Å². The van der Waals surface area contributed by atoms with E-state index in [0.717, 1.165) is 29.4 Å². The third kappa shape index (κ3) is 4.52. The van der Waals surface area contributed by atoms with Crippen LogP contribution in [0.1, 0.15) is 12.5 Å². The molecule has 1 heterocycles. The summed E-state index contributed by atoms with van der Waals surface area (Å²) >= 11 is 5.03. The minimum atomic E-state index is -0.974. The van der Waals surface area contributed by atoms with Gasteiger partial charge in [-0.2, -0.15) is 0 Å². The molecule has 0 saturated carbocycles. The topological polar surface area (TPSA) is 72.9 Å². The largest absolute Gasteiger partial charge is 0.479 e. The molecule has 1 aliphatic heterocycles. The number of methoxy groups -OCH3 is 1. The molecule has 9 heteroatoms. The van der Waals surface area contributed by atoms with E-state index in [9.17, 15) is 14.4 Å². The first-order valence-corrected chi connectivity index (χ1v) is 10.2. The highest BCUT2D eigenvalue weighted by molar-refractivity contribution is 14.1. The fraction of sp³-hybridized carbons (Fsp3) is 0.235. The summed E-state index contributed by atoms with van der Waals surface area (Å²) < 4.78 is 11.8. The lowest BCUT2D eigenvalue weighted by atomic mass is 10.2. The zero-order chi connectivity index (χ0) is 19.4. The number of rotatable bonds is 5. The molecule has 1 saturated heterocycles. The third-order valence-electron chi connectivity index (χ3n) is 3.37. The SMILES string of the molecule is C#CCOc1c(I)cc(/C=C2/SC(=O)N([C@@H](C)C(=O)OC)C2=O)cc1I. The van der Waals surface area contributed by atoms with Crippen molar-refractivity contribution in [2.75, 3.05) is 13.7 Å². The number of thioether (sulfide) groups is 1. The van der Waals surface area contributed by atoms with Crippen LogP contribution in [0.3, 0.4) is 0 Å². The lowest BCUT2D eigenvalue weighted by molar-refractivity contribution is -0.148. The molecule has 1 aliphatic rings. The number of ether oxygens (including phenoxy) is 2. The molecule has 1 aromatic carbocycles. The van der Waals surface area contributed by atoms with Crippen molar-refractivity contribution in [3.63, 3.8) is 0 Å². The van der Waals surface area contributed by atoms with Crippen LogP contribution in [0.25, 0.3) is 6.08 Å². The number of terminal acetylenes is 1. The number of nitrogens with zero attached hydrogens (tertiary/aromatic N) is 1. The lowest BCUT2D eigenvalue weighted by Crippen LogP contribution is -2.42. The van der Waals surface area contributed by atoms with Crippen LogP contribution in [0.2, 0.25) is 0 Å². The summed E-state index contributed by atoms with van der Waals surface area (Å²) in [5.74, 6) is 1.93. The Hall–Kier alpha value is -1.26. The van der Waals surface area contributed by atoms with Crippen LogP contribution < -0.4 is 4.74 Å². The van der Waals surface area contributed by atoms with Gasteiger partial charge in [0.25, 0.3) is 11.1 Å². The van der Waals surface area contributed by atoms with Gasteiger partial charge in [-0.25, -0.2) is 4.79 Å². The van der Waals surface area contributed by atoms with E-state index >= 15 is 0 Å². The fourth-order valence-corrected chi connectivity index (χ4v) is 5.19. The van der Waals surface area contributed by atoms with Crippen LogP contribution in [0.4, 0.5) is 4.79 Å². The average molecular weight is 597 g/mol. The third-order valence-corrected chi connectivity index (χ3v) is 5.86. The molecule has 0 aliphatic carbocycles. The highest BCUT2D eigenvalue weighted by Gasteiger charge is 2.41. The van der Waals surface area contributed by atoms with Gasteiger partial charge in [0.15, 0.2) is 0 Å². The molecule has 0 N–H and O–H groups in total. The number of hydrogen-bond donors (Lipinski definition) is 0. The van der Waals surface area contributed by atoms with E-state index in [-0.39, 0.29) is 11.5 Å². The summed E-state index contributed by atoms with van der Waals surface area (Å²) in [6.07, 6.45) is 6.83. The summed E-state index contributed by atoms with van der Waals surface area (Å²) in [6.45, 7) is 1.62. The maximum atomic E-state index is 12.5. The lowest BCUT2D eigenvalue weighted by Gasteiger charge is -2.18. The second kappa shape index (κ2) is 9.09. The van der Waals surface area contributed by atoms with E-state index < -0.39 is 23.2 Å². The summed E-state index contributed by atoms with van der Waals surface area (Å²) in [4.78, 5) is 37.4. The highest BCUT2D eigenvalue weighted by Crippen LogP contribution is 2.35. The number of carbonyl (C=O) groups is 3. The monoisotopic (exact) mass is 597 g/mol. The van der Waals surface area contributed by atoms with Crippen LogP contribution in [0.15, 0.2) is 17.0 Å². The van der Waals surface area contributed by atoms with E-state index in [2.05, 4.69) is 55.8 Å². The van der Waals surface area contributed by atoms with Gasteiger partial charge < -0.3 is 9.47 Å². The molecule has 1 atom stereocenters. The Morgan fingerprint density at radius 3 is 2.54 bits per heavy atom. The Labute approximate surface area is 182 Å². The molecule has 0 unspecified atom stereocenters. The molecule has 136 valence electrons. The molecular weight excluding hydrogens is 584 g/mol. The molecule has 0 aromatic heterocycles. The minimum absolute atomic E-state index is 0.162. The van der Waals surface area contributed by atoms with Crippen molar-refractivity contribution >= 4 is 80.1 Å². The maximum absolute atomic E-state index is 12.5. The van der Waals surface area contributed by atoms with Gasteiger partial charge in [-0.1, -0.05) is 5.92 Å². The van der Waals surface area contributed by atoms with E-state index in [0.29, 0.717) is 5.75 Å². The normalized spacial score (nSPS) is 16.6. The van der Waals surface area contributed by atoms with Gasteiger partial charge in [-0.05, 0) is 87.6 Å². The van der Waals surface area contributed by atoms with E-state index in [1.807, 2.05) is 12.1 Å². The molecule has 6 nitrogen and oxygen atoms in total. The zero-order valence-electron chi connectivity index (χ0n) is 13.7. The Balaban J connectivity index is 2.31. The van der Waals surface area contributed by atoms with E-state index in [4.69, 9.17) is 11.2 Å². The van der Waals surface area contributed by atoms with E-state index in [1.54, 1.807) is 6.08 Å². The average Bonchev–Trinajstić information content (AvgIpc) is 2.86. The number of imide groups is 1. The van der Waals surface area contributed by atoms with Crippen molar-refractivity contribution in [2.45, 2.75) is 13.0 Å². The van der Waals surface area contributed by atoms with Gasteiger partial charge in [0.2, 0.25) is 0 Å². The molecule has 0 spiro atoms. The quantitative estimate of drug-likeness (QED) is 0.224. The van der Waals surface area contributed by atoms with Gasteiger partial charge >= 0.3 is 5.97 Å². The molecule has 0 bridgehead atoms. The summed E-state index contributed by atoms with van der Waals surface area (Å²) in [5.41, 5.74) is 0.739. The predicted molar refractivity (Wildman–Crippen MR) is 115 cm³/mol. The van der Waals surface area contributed by atoms with Gasteiger partial charge in [0.05, 0.1) is 19.2 Å². The Kier molecular flexibility index (Phi) is 7.36. The molecule has 0 radical (unpaired) electrons. The number of hydrogen-bond acceptors (Lipinski definition) is 6. The minimum Gasteiger partial charge on any atom is -0.479 e. The highest BCUT2D eigenvalue weighted by atomic mass is 127. The van der Waals surface area contributed by atoms with Crippen LogP contribution in [-0.2, 0) is 14.3 Å². The molecule has 26 heavy (non-hydrogen) atoms. The van der Waals surface area contributed by atoms with Crippen LogP contribution in [0, 0.1) is 19.5 Å². The fourth-order valence-electron chi connectivity index (χ4n) is 2.16. The Morgan fingerprint density at radius 1 is 1.38 bits per heavy atom. The molecule has 2 amide bonds. The number of esters is 1. The van der Waals surface area contributed by atoms with Gasteiger partial charge in [0, 0.05) is 0 Å². The molecule has 1 fully saturated rings. The Bertz CT molecular complexity index is 823. The van der Waals surface area contributed by atoms with Crippen molar-refractivity contribution in [3.8, 4) is 18.1 Å². The zero-order valence-corrected chi connectivity index (χ0v) is 18.9. The van der Waals surface area contributed by atoms with Crippen LogP contribution >= 0.6 is 56.9 Å². The first kappa shape index (κ1) is 21.0. The van der Waals surface area contributed by atoms with Gasteiger partial charge in [0.1, 0.15) is 18.4 Å². The summed E-state index contributed by atoms with van der Waals surface area (Å²) in [5, 5.41) is -0.502. The van der Waals surface area contributed by atoms with Crippen molar-refractivity contribution in [1.82, 2.24) is 4.90 Å². The van der Waals surface area contributed by atoms with Crippen molar-refractivity contribution in [3.05, 3.63) is 29.7 Å². The Morgan fingerprint density at radius 2 is 2.00 bits per heavy atom. The maximum Gasteiger partial charge on any atom is 0.328 e. The van der Waals surface area contributed by atoms with Gasteiger partial charge in [-0.15, -0.1) is 6.42 Å². The molecular formula is C17H13I2NO5S. The van der Waals surface area contributed by atoms with Crippen LogP contribution in [0.5, 0.6) is 5.75 Å². The first-order chi connectivity index (χ1) is 12.3. The van der Waals surface area contributed by atoms with Crippen molar-refractivity contribution in [2.24, 2.45) is 0 Å². The van der Waals surface area contributed by atoms with E-state index in [1.165, 1.54) is 14.0 Å². The smallest absolute Gasteiger partial charge is 0.328 e. The van der Waals surface area contributed by atoms with Crippen LogP contribution in [-0.4, -0.2) is 41.8 Å². The predicted octanol–water partition coefficient (Wildman–Crippen LogP) is 3.51. The van der Waals surface area contributed by atoms with Gasteiger partial charge in [-0.3, -0.25) is 14.5 Å².